The quantitative estimate of drug-likeness (QED) is 0.910. The fourth-order valence-electron chi connectivity index (χ4n) is 2.45. The average molecular weight is 291 g/mol. The van der Waals surface area contributed by atoms with Crippen molar-refractivity contribution in [3.05, 3.63) is 24.4 Å². The minimum Gasteiger partial charge on any atom is -0.444 e. The summed E-state index contributed by atoms with van der Waals surface area (Å²) in [6, 6.07) is 5.93. The van der Waals surface area contributed by atoms with Crippen molar-refractivity contribution < 1.29 is 9.53 Å². The lowest BCUT2D eigenvalue weighted by Crippen LogP contribution is -2.54. The summed E-state index contributed by atoms with van der Waals surface area (Å²) in [5.41, 5.74) is -0.678. The van der Waals surface area contributed by atoms with Gasteiger partial charge in [-0.2, -0.15) is 0 Å². The van der Waals surface area contributed by atoms with Crippen LogP contribution in [0.5, 0.6) is 0 Å². The zero-order chi connectivity index (χ0) is 15.5. The van der Waals surface area contributed by atoms with Crippen LogP contribution < -0.4 is 10.2 Å². The van der Waals surface area contributed by atoms with Gasteiger partial charge in [0.05, 0.1) is 0 Å². The molecule has 5 nitrogen and oxygen atoms in total. The molecule has 0 atom stereocenters. The van der Waals surface area contributed by atoms with Crippen LogP contribution in [0.25, 0.3) is 0 Å². The number of piperidine rings is 1. The molecule has 21 heavy (non-hydrogen) atoms. The third-order valence-electron chi connectivity index (χ3n) is 3.64. The van der Waals surface area contributed by atoms with Gasteiger partial charge in [-0.25, -0.2) is 9.78 Å². The largest absolute Gasteiger partial charge is 0.444 e. The number of nitrogens with one attached hydrogen (secondary N) is 1. The molecule has 5 heteroatoms. The van der Waals surface area contributed by atoms with Crippen LogP contribution in [0, 0.1) is 0 Å². The predicted molar refractivity (Wildman–Crippen MR) is 83.5 cm³/mol. The maximum atomic E-state index is 11.9. The number of aromatic nitrogens is 1. The number of pyridine rings is 1. The van der Waals surface area contributed by atoms with Crippen molar-refractivity contribution in [3.8, 4) is 0 Å². The van der Waals surface area contributed by atoms with Gasteiger partial charge in [-0.1, -0.05) is 6.07 Å². The van der Waals surface area contributed by atoms with Crippen LogP contribution in [0.1, 0.15) is 40.5 Å². The van der Waals surface area contributed by atoms with Crippen LogP contribution >= 0.6 is 0 Å². The van der Waals surface area contributed by atoms with Crippen LogP contribution in [0.2, 0.25) is 0 Å². The molecule has 1 N–H and O–H groups in total. The number of ether oxygens (including phenoxy) is 1. The number of nitrogens with zero attached hydrogens (tertiary/aromatic N) is 2. The van der Waals surface area contributed by atoms with Gasteiger partial charge >= 0.3 is 6.09 Å². The first-order valence-electron chi connectivity index (χ1n) is 7.45. The monoisotopic (exact) mass is 291 g/mol. The first-order valence-corrected chi connectivity index (χ1v) is 7.45. The minimum absolute atomic E-state index is 0.215. The van der Waals surface area contributed by atoms with Crippen LogP contribution in [-0.4, -0.2) is 35.3 Å². The molecule has 0 radical (unpaired) electrons. The summed E-state index contributed by atoms with van der Waals surface area (Å²) in [4.78, 5) is 18.5. The highest BCUT2D eigenvalue weighted by molar-refractivity contribution is 5.68. The van der Waals surface area contributed by atoms with Gasteiger partial charge < -0.3 is 15.0 Å². The summed E-state index contributed by atoms with van der Waals surface area (Å²) in [6.07, 6.45) is 3.23. The number of rotatable bonds is 2. The minimum atomic E-state index is -0.463. The lowest BCUT2D eigenvalue weighted by Gasteiger charge is -2.40. The van der Waals surface area contributed by atoms with Crippen molar-refractivity contribution in [1.82, 2.24) is 10.3 Å². The van der Waals surface area contributed by atoms with E-state index < -0.39 is 5.60 Å². The molecule has 0 saturated carbocycles. The van der Waals surface area contributed by atoms with E-state index >= 15 is 0 Å². The molecule has 1 saturated heterocycles. The molecule has 0 bridgehead atoms. The zero-order valence-electron chi connectivity index (χ0n) is 13.3. The van der Waals surface area contributed by atoms with Crippen molar-refractivity contribution in [1.29, 1.82) is 0 Å². The van der Waals surface area contributed by atoms with Crippen LogP contribution in [0.3, 0.4) is 0 Å². The molecule has 0 spiro atoms. The molecule has 2 rings (SSSR count). The Morgan fingerprint density at radius 1 is 1.33 bits per heavy atom. The van der Waals surface area contributed by atoms with E-state index in [2.05, 4.69) is 22.1 Å². The van der Waals surface area contributed by atoms with Crippen LogP contribution in [0.4, 0.5) is 10.6 Å². The normalized spacial score (nSPS) is 18.2. The van der Waals surface area contributed by atoms with E-state index in [-0.39, 0.29) is 11.6 Å². The predicted octanol–water partition coefficient (Wildman–Crippen LogP) is 2.97. The third kappa shape index (κ3) is 4.62. The Morgan fingerprint density at radius 3 is 2.52 bits per heavy atom. The second-order valence-corrected chi connectivity index (χ2v) is 6.86. The van der Waals surface area contributed by atoms with Crippen molar-refractivity contribution in [2.24, 2.45) is 0 Å². The van der Waals surface area contributed by atoms with Gasteiger partial charge in [0.25, 0.3) is 0 Å². The number of amides is 1. The molecule has 1 amide bonds. The van der Waals surface area contributed by atoms with Crippen molar-refractivity contribution >= 4 is 11.9 Å². The molecule has 1 aliphatic rings. The van der Waals surface area contributed by atoms with Crippen molar-refractivity contribution in [3.63, 3.8) is 0 Å². The van der Waals surface area contributed by atoms with Crippen LogP contribution in [-0.2, 0) is 4.74 Å². The lowest BCUT2D eigenvalue weighted by atomic mass is 9.90. The van der Waals surface area contributed by atoms with Crippen LogP contribution in [0.15, 0.2) is 24.4 Å². The van der Waals surface area contributed by atoms with Gasteiger partial charge in [0.2, 0.25) is 0 Å². The summed E-state index contributed by atoms with van der Waals surface area (Å²) in [7, 11) is 0. The number of alkyl carbamates (subject to hydrolysis) is 1. The summed E-state index contributed by atoms with van der Waals surface area (Å²) < 4.78 is 5.34. The Bertz CT molecular complexity index is 474. The van der Waals surface area contributed by atoms with Crippen molar-refractivity contribution in [2.75, 3.05) is 18.0 Å². The fourth-order valence-corrected chi connectivity index (χ4v) is 2.45. The maximum absolute atomic E-state index is 11.9. The van der Waals surface area contributed by atoms with E-state index in [0.29, 0.717) is 0 Å². The summed E-state index contributed by atoms with van der Waals surface area (Å²) in [5, 5.41) is 3.02. The molecule has 0 aliphatic carbocycles. The van der Waals surface area contributed by atoms with Gasteiger partial charge in [0.1, 0.15) is 11.4 Å². The van der Waals surface area contributed by atoms with Gasteiger partial charge in [-0.3, -0.25) is 0 Å². The molecule has 1 fully saturated rings. The molecule has 116 valence electrons. The Balaban J connectivity index is 1.89. The zero-order valence-corrected chi connectivity index (χ0v) is 13.3. The van der Waals surface area contributed by atoms with Gasteiger partial charge in [0.15, 0.2) is 0 Å². The van der Waals surface area contributed by atoms with E-state index in [1.165, 1.54) is 0 Å². The highest BCUT2D eigenvalue weighted by Crippen LogP contribution is 2.25. The molecule has 2 heterocycles. The van der Waals surface area contributed by atoms with Gasteiger partial charge in [-0.15, -0.1) is 0 Å². The Labute approximate surface area is 126 Å². The molecule has 0 unspecified atom stereocenters. The second kappa shape index (κ2) is 5.92. The Kier molecular flexibility index (Phi) is 4.40. The number of carbonyl (C=O) groups is 1. The highest BCUT2D eigenvalue weighted by atomic mass is 16.6. The number of hydrogen-bond donors (Lipinski definition) is 1. The standard InChI is InChI=1S/C16H25N3O2/c1-15(2,3)21-14(20)18-16(4)8-11-19(12-9-16)13-7-5-6-10-17-13/h5-7,10H,8-9,11-12H2,1-4H3,(H,18,20). The number of anilines is 1. The summed E-state index contributed by atoms with van der Waals surface area (Å²) >= 11 is 0. The Morgan fingerprint density at radius 2 is 2.00 bits per heavy atom. The van der Waals surface area contributed by atoms with E-state index in [9.17, 15) is 4.79 Å². The Hall–Kier alpha value is -1.78. The summed E-state index contributed by atoms with van der Waals surface area (Å²) in [6.45, 7) is 9.45. The molecule has 1 aromatic heterocycles. The smallest absolute Gasteiger partial charge is 0.408 e. The molecule has 1 aromatic rings. The second-order valence-electron chi connectivity index (χ2n) is 6.86. The van der Waals surface area contributed by atoms with Crippen molar-refractivity contribution in [2.45, 2.75) is 51.7 Å². The molecule has 0 aromatic carbocycles. The first-order chi connectivity index (χ1) is 9.77. The topological polar surface area (TPSA) is 54.5 Å². The van der Waals surface area contributed by atoms with E-state index in [1.54, 1.807) is 0 Å². The maximum Gasteiger partial charge on any atom is 0.408 e. The number of carbonyl (C=O) groups excluding carboxylic acids is 1. The lowest BCUT2D eigenvalue weighted by molar-refractivity contribution is 0.0448. The highest BCUT2D eigenvalue weighted by Gasteiger charge is 2.33. The third-order valence-corrected chi connectivity index (χ3v) is 3.64. The van der Waals surface area contributed by atoms with Gasteiger partial charge in [-0.05, 0) is 52.7 Å². The first kappa shape index (κ1) is 15.6. The fraction of sp³-hybridized carbons (Fsp3) is 0.625. The number of hydrogen-bond acceptors (Lipinski definition) is 4. The summed E-state index contributed by atoms with van der Waals surface area (Å²) in [5.74, 6) is 0.997. The molecular weight excluding hydrogens is 266 g/mol. The molecule has 1 aliphatic heterocycles. The molecular formula is C16H25N3O2. The van der Waals surface area contributed by atoms with E-state index in [0.717, 1.165) is 31.7 Å². The van der Waals surface area contributed by atoms with E-state index in [4.69, 9.17) is 4.74 Å². The van der Waals surface area contributed by atoms with E-state index in [1.807, 2.05) is 45.2 Å². The average Bonchev–Trinajstić information content (AvgIpc) is 2.37. The van der Waals surface area contributed by atoms with Gasteiger partial charge in [0, 0.05) is 24.8 Å². The SMILES string of the molecule is CC1(NC(=O)OC(C)(C)C)CCN(c2ccccn2)CC1.